The molecule has 3 aromatic carbocycles. The van der Waals surface area contributed by atoms with Crippen LogP contribution in [0.5, 0.6) is 5.75 Å². The van der Waals surface area contributed by atoms with Crippen LogP contribution in [0.25, 0.3) is 32.0 Å². The van der Waals surface area contributed by atoms with Crippen LogP contribution in [0.4, 0.5) is 5.13 Å². The highest BCUT2D eigenvalue weighted by atomic mass is 35.5. The van der Waals surface area contributed by atoms with E-state index in [-0.39, 0.29) is 5.56 Å². The quantitative estimate of drug-likeness (QED) is 0.174. The van der Waals surface area contributed by atoms with Crippen molar-refractivity contribution in [2.75, 3.05) is 38.2 Å². The predicted octanol–water partition coefficient (Wildman–Crippen LogP) is 6.21. The number of aromatic nitrogens is 1. The summed E-state index contributed by atoms with van der Waals surface area (Å²) in [4.78, 5) is 35.5. The number of hydrogen-bond acceptors (Lipinski definition) is 7. The van der Waals surface area contributed by atoms with Gasteiger partial charge in [0.1, 0.15) is 22.4 Å². The highest BCUT2D eigenvalue weighted by Crippen LogP contribution is 2.39. The molecule has 0 unspecified atom stereocenters. The molecule has 0 spiro atoms. The van der Waals surface area contributed by atoms with E-state index in [0.29, 0.717) is 50.2 Å². The summed E-state index contributed by atoms with van der Waals surface area (Å²) >= 11 is 7.75. The van der Waals surface area contributed by atoms with Crippen LogP contribution < -0.4 is 15.3 Å². The number of carbonyl (C=O) groups excluding carboxylic acids is 1. The molecule has 0 bridgehead atoms. The second-order valence-corrected chi connectivity index (χ2v) is 9.94. The first kappa shape index (κ1) is 25.2. The lowest BCUT2D eigenvalue weighted by Crippen LogP contribution is -2.40. The first-order valence-electron chi connectivity index (χ1n) is 12.1. The Morgan fingerprint density at radius 2 is 1.84 bits per heavy atom. The molecule has 0 aliphatic carbocycles. The molecule has 0 radical (unpaired) electrons. The Hall–Kier alpha value is -3.46. The lowest BCUT2D eigenvalue weighted by molar-refractivity contribution is 0.0980. The molecule has 9 heteroatoms. The molecule has 0 N–H and O–H groups in total. The molecule has 2 heterocycles. The van der Waals surface area contributed by atoms with Crippen LogP contribution in [0.1, 0.15) is 24.2 Å². The average Bonchev–Trinajstić information content (AvgIpc) is 3.36. The summed E-state index contributed by atoms with van der Waals surface area (Å²) in [5.74, 6) is 0.0969. The maximum Gasteiger partial charge on any atom is 0.349 e. The van der Waals surface area contributed by atoms with Crippen molar-refractivity contribution in [2.24, 2.45) is 0 Å². The van der Waals surface area contributed by atoms with Gasteiger partial charge >= 0.3 is 5.63 Å². The van der Waals surface area contributed by atoms with Gasteiger partial charge in [-0.25, -0.2) is 9.78 Å². The van der Waals surface area contributed by atoms with Gasteiger partial charge in [-0.15, -0.1) is 0 Å². The summed E-state index contributed by atoms with van der Waals surface area (Å²) in [5.41, 5.74) is 0.289. The zero-order valence-corrected chi connectivity index (χ0v) is 22.4. The van der Waals surface area contributed by atoms with Crippen LogP contribution in [0.3, 0.4) is 0 Å². The van der Waals surface area contributed by atoms with E-state index in [1.54, 1.807) is 36.3 Å². The summed E-state index contributed by atoms with van der Waals surface area (Å²) in [6.07, 6.45) is 0. The Labute approximate surface area is 222 Å². The minimum Gasteiger partial charge on any atom is -0.494 e. The van der Waals surface area contributed by atoms with Crippen LogP contribution in [-0.4, -0.2) is 49.1 Å². The van der Waals surface area contributed by atoms with Crippen LogP contribution in [0.15, 0.2) is 63.8 Å². The second kappa shape index (κ2) is 10.5. The number of thiazole rings is 1. The standard InChI is InChI=1S/C28H26ClN3O4S/c1-4-31(5-2)14-15-32(28-30-24-23(35-3)13-11-21(29)25(24)37-28)26(33)20-16-19-18-9-7-6-8-17(18)10-12-22(19)36-27(20)34/h6-13,16H,4-5,14-15H2,1-3H3. The van der Waals surface area contributed by atoms with Crippen molar-refractivity contribution in [3.05, 3.63) is 75.6 Å². The number of carbonyl (C=O) groups is 1. The molecule has 2 aromatic heterocycles. The van der Waals surface area contributed by atoms with Gasteiger partial charge in [-0.1, -0.05) is 67.1 Å². The molecule has 5 rings (SSSR count). The lowest BCUT2D eigenvalue weighted by atomic mass is 10.0. The Morgan fingerprint density at radius 3 is 2.59 bits per heavy atom. The van der Waals surface area contributed by atoms with E-state index >= 15 is 0 Å². The first-order chi connectivity index (χ1) is 17.9. The highest BCUT2D eigenvalue weighted by molar-refractivity contribution is 7.23. The third-order valence-corrected chi connectivity index (χ3v) is 8.09. The summed E-state index contributed by atoms with van der Waals surface area (Å²) < 4.78 is 11.8. The molecule has 0 saturated carbocycles. The van der Waals surface area contributed by atoms with Gasteiger partial charge in [-0.2, -0.15) is 0 Å². The van der Waals surface area contributed by atoms with Gasteiger partial charge in [0.05, 0.1) is 16.8 Å². The van der Waals surface area contributed by atoms with Crippen molar-refractivity contribution in [1.82, 2.24) is 9.88 Å². The second-order valence-electron chi connectivity index (χ2n) is 8.55. The molecule has 1 amide bonds. The van der Waals surface area contributed by atoms with E-state index in [9.17, 15) is 9.59 Å². The van der Waals surface area contributed by atoms with E-state index in [0.717, 1.165) is 23.9 Å². The fourth-order valence-electron chi connectivity index (χ4n) is 4.45. The van der Waals surface area contributed by atoms with Gasteiger partial charge in [0.25, 0.3) is 5.91 Å². The zero-order valence-electron chi connectivity index (χ0n) is 20.8. The SMILES string of the molecule is CCN(CC)CCN(C(=O)c1cc2c(ccc3ccccc32)oc1=O)c1nc2c(OC)ccc(Cl)c2s1. The van der Waals surface area contributed by atoms with Gasteiger partial charge in [0, 0.05) is 18.5 Å². The van der Waals surface area contributed by atoms with E-state index < -0.39 is 11.5 Å². The van der Waals surface area contributed by atoms with E-state index in [1.807, 2.05) is 30.3 Å². The molecule has 0 aliphatic rings. The lowest BCUT2D eigenvalue weighted by Gasteiger charge is -2.24. The summed E-state index contributed by atoms with van der Waals surface area (Å²) in [7, 11) is 1.57. The number of fused-ring (bicyclic) bond motifs is 4. The van der Waals surface area contributed by atoms with E-state index in [2.05, 4.69) is 18.7 Å². The van der Waals surface area contributed by atoms with Crippen LogP contribution in [-0.2, 0) is 0 Å². The molecular weight excluding hydrogens is 510 g/mol. The monoisotopic (exact) mass is 535 g/mol. The number of hydrogen-bond donors (Lipinski definition) is 0. The Bertz CT molecular complexity index is 1680. The number of rotatable bonds is 8. The predicted molar refractivity (Wildman–Crippen MR) is 151 cm³/mol. The van der Waals surface area contributed by atoms with Crippen LogP contribution in [0.2, 0.25) is 5.02 Å². The average molecular weight is 536 g/mol. The van der Waals surface area contributed by atoms with Crippen molar-refractivity contribution < 1.29 is 13.9 Å². The number of amides is 1. The van der Waals surface area contributed by atoms with E-state index in [4.69, 9.17) is 25.7 Å². The Kier molecular flexibility index (Phi) is 7.15. The molecule has 0 atom stereocenters. The maximum atomic E-state index is 14.0. The summed E-state index contributed by atoms with van der Waals surface area (Å²) in [6.45, 7) is 6.76. The number of methoxy groups -OCH3 is 1. The summed E-state index contributed by atoms with van der Waals surface area (Å²) in [5, 5.41) is 3.57. The fraction of sp³-hybridized carbons (Fsp3) is 0.250. The van der Waals surface area contributed by atoms with Crippen molar-refractivity contribution in [3.63, 3.8) is 0 Å². The number of likely N-dealkylation sites (N-methyl/N-ethyl adjacent to an activating group) is 1. The number of benzene rings is 3. The first-order valence-corrected chi connectivity index (χ1v) is 13.3. The van der Waals surface area contributed by atoms with Gasteiger partial charge in [-0.05, 0) is 48.1 Å². The van der Waals surface area contributed by atoms with Crippen molar-refractivity contribution in [3.8, 4) is 5.75 Å². The zero-order chi connectivity index (χ0) is 26.1. The van der Waals surface area contributed by atoms with Crippen LogP contribution >= 0.6 is 22.9 Å². The van der Waals surface area contributed by atoms with Crippen molar-refractivity contribution in [2.45, 2.75) is 13.8 Å². The molecular formula is C28H26ClN3O4S. The van der Waals surface area contributed by atoms with Gasteiger partial charge in [0.15, 0.2) is 5.13 Å². The smallest absolute Gasteiger partial charge is 0.349 e. The molecule has 7 nitrogen and oxygen atoms in total. The third-order valence-electron chi connectivity index (χ3n) is 6.55. The van der Waals surface area contributed by atoms with Gasteiger partial charge in [-0.3, -0.25) is 9.69 Å². The van der Waals surface area contributed by atoms with Gasteiger partial charge in [0.2, 0.25) is 0 Å². The number of nitrogens with zero attached hydrogens (tertiary/aromatic N) is 3. The van der Waals surface area contributed by atoms with Crippen molar-refractivity contribution in [1.29, 1.82) is 0 Å². The largest absolute Gasteiger partial charge is 0.494 e. The molecule has 37 heavy (non-hydrogen) atoms. The third kappa shape index (κ3) is 4.68. The number of halogens is 1. The molecule has 0 saturated heterocycles. The number of ether oxygens (including phenoxy) is 1. The molecule has 190 valence electrons. The fourth-order valence-corrected chi connectivity index (χ4v) is 5.73. The van der Waals surface area contributed by atoms with E-state index in [1.165, 1.54) is 11.3 Å². The molecule has 0 fully saturated rings. The maximum absolute atomic E-state index is 14.0. The normalized spacial score (nSPS) is 11.6. The minimum atomic E-state index is -0.683. The topological polar surface area (TPSA) is 75.9 Å². The highest BCUT2D eigenvalue weighted by Gasteiger charge is 2.26. The summed E-state index contributed by atoms with van der Waals surface area (Å²) in [6, 6.07) is 16.6. The molecule has 0 aliphatic heterocycles. The Balaban J connectivity index is 1.65. The van der Waals surface area contributed by atoms with Gasteiger partial charge < -0.3 is 14.1 Å². The Morgan fingerprint density at radius 1 is 1.05 bits per heavy atom. The van der Waals surface area contributed by atoms with Crippen LogP contribution in [0, 0.1) is 0 Å². The minimum absolute atomic E-state index is 0.0410. The number of anilines is 1. The van der Waals surface area contributed by atoms with Crippen molar-refractivity contribution >= 4 is 65.9 Å². The molecule has 5 aromatic rings.